The number of rotatable bonds is 2. The lowest BCUT2D eigenvalue weighted by Crippen LogP contribution is -2.54. The Labute approximate surface area is 173 Å². The fraction of sp³-hybridized carbons (Fsp3) is 0.619. The van der Waals surface area contributed by atoms with Crippen LogP contribution in [0, 0.1) is 0 Å². The van der Waals surface area contributed by atoms with Gasteiger partial charge in [-0.3, -0.25) is 9.59 Å². The van der Waals surface area contributed by atoms with Crippen molar-refractivity contribution in [3.05, 3.63) is 29.8 Å². The molecular weight excluding hydrogens is 390 g/mol. The molecule has 2 saturated heterocycles. The van der Waals surface area contributed by atoms with E-state index in [-0.39, 0.29) is 23.0 Å². The molecule has 0 bridgehead atoms. The quantitative estimate of drug-likeness (QED) is 0.728. The molecule has 7 nitrogen and oxygen atoms in total. The summed E-state index contributed by atoms with van der Waals surface area (Å²) in [6.45, 7) is 8.89. The third kappa shape index (κ3) is 5.29. The number of benzene rings is 1. The summed E-state index contributed by atoms with van der Waals surface area (Å²) in [7, 11) is -2.99. The third-order valence-electron chi connectivity index (χ3n) is 5.70. The van der Waals surface area contributed by atoms with Crippen molar-refractivity contribution in [1.82, 2.24) is 10.2 Å². The van der Waals surface area contributed by atoms with Gasteiger partial charge in [0.05, 0.1) is 11.5 Å². The molecule has 0 radical (unpaired) electrons. The Bertz CT molecular complexity index is 854. The second-order valence-electron chi connectivity index (χ2n) is 8.95. The van der Waals surface area contributed by atoms with Crippen LogP contribution < -0.4 is 10.2 Å². The summed E-state index contributed by atoms with van der Waals surface area (Å²) in [5, 5.41) is 2.72. The lowest BCUT2D eigenvalue weighted by Gasteiger charge is -2.38. The largest absolute Gasteiger partial charge is 0.368 e. The minimum absolute atomic E-state index is 0.0247. The maximum atomic E-state index is 12.5. The topological polar surface area (TPSA) is 86.8 Å². The van der Waals surface area contributed by atoms with Crippen LogP contribution in [0.1, 0.15) is 39.2 Å². The molecule has 2 aliphatic heterocycles. The van der Waals surface area contributed by atoms with Gasteiger partial charge in [0, 0.05) is 37.9 Å². The molecule has 2 aliphatic rings. The first kappa shape index (κ1) is 21.6. The fourth-order valence-electron chi connectivity index (χ4n) is 3.96. The summed E-state index contributed by atoms with van der Waals surface area (Å²) in [6, 6.07) is 8.09. The molecule has 29 heavy (non-hydrogen) atoms. The predicted molar refractivity (Wildman–Crippen MR) is 114 cm³/mol. The third-order valence-corrected chi connectivity index (χ3v) is 7.42. The van der Waals surface area contributed by atoms with Gasteiger partial charge in [-0.1, -0.05) is 39.0 Å². The summed E-state index contributed by atoms with van der Waals surface area (Å²) in [4.78, 5) is 28.7. The first-order chi connectivity index (χ1) is 13.6. The van der Waals surface area contributed by atoms with Crippen LogP contribution in [0.2, 0.25) is 0 Å². The highest BCUT2D eigenvalue weighted by molar-refractivity contribution is 7.91. The number of amides is 2. The van der Waals surface area contributed by atoms with Crippen molar-refractivity contribution >= 4 is 27.3 Å². The van der Waals surface area contributed by atoms with E-state index in [1.54, 1.807) is 4.90 Å². The SMILES string of the molecule is CC(C)(C)c1ccccc1N1CCN(C(=O)C(=O)NC2CCS(=O)(=O)CC2)CC1. The number of carbonyl (C=O) groups excluding carboxylic acids is 2. The second-order valence-corrected chi connectivity index (χ2v) is 11.2. The van der Waals surface area contributed by atoms with Crippen LogP contribution in [0.25, 0.3) is 0 Å². The van der Waals surface area contributed by atoms with Crippen molar-refractivity contribution in [3.63, 3.8) is 0 Å². The normalized spacial score (nSPS) is 20.4. The second kappa shape index (κ2) is 8.34. The van der Waals surface area contributed by atoms with Crippen LogP contribution >= 0.6 is 0 Å². The van der Waals surface area contributed by atoms with Crippen LogP contribution in [0.4, 0.5) is 5.69 Å². The maximum Gasteiger partial charge on any atom is 0.312 e. The van der Waals surface area contributed by atoms with Crippen molar-refractivity contribution in [2.45, 2.75) is 45.1 Å². The van der Waals surface area contributed by atoms with Crippen molar-refractivity contribution in [1.29, 1.82) is 0 Å². The zero-order valence-electron chi connectivity index (χ0n) is 17.5. The van der Waals surface area contributed by atoms with E-state index < -0.39 is 21.7 Å². The van der Waals surface area contributed by atoms with Gasteiger partial charge in [-0.2, -0.15) is 0 Å². The number of para-hydroxylation sites is 1. The standard InChI is InChI=1S/C21H31N3O4S/c1-21(2,3)17-6-4-5-7-18(17)23-10-12-24(13-11-23)20(26)19(25)22-16-8-14-29(27,28)15-9-16/h4-7,16H,8-15H2,1-3H3,(H,22,25). The number of sulfone groups is 1. The van der Waals surface area contributed by atoms with E-state index >= 15 is 0 Å². The van der Waals surface area contributed by atoms with Gasteiger partial charge in [0.25, 0.3) is 0 Å². The summed E-state index contributed by atoms with van der Waals surface area (Å²) in [5.41, 5.74) is 2.47. The number of nitrogens with one attached hydrogen (secondary N) is 1. The summed E-state index contributed by atoms with van der Waals surface area (Å²) < 4.78 is 23.0. The van der Waals surface area contributed by atoms with Gasteiger partial charge in [0.15, 0.2) is 0 Å². The molecule has 2 fully saturated rings. The molecule has 0 atom stereocenters. The molecule has 0 aromatic heterocycles. The molecule has 3 rings (SSSR count). The van der Waals surface area contributed by atoms with Gasteiger partial charge in [0.2, 0.25) is 0 Å². The van der Waals surface area contributed by atoms with E-state index in [0.717, 1.165) is 0 Å². The number of hydrogen-bond donors (Lipinski definition) is 1. The molecule has 160 valence electrons. The van der Waals surface area contributed by atoms with Crippen molar-refractivity contribution < 1.29 is 18.0 Å². The average Bonchev–Trinajstić information content (AvgIpc) is 2.68. The molecule has 0 saturated carbocycles. The van der Waals surface area contributed by atoms with E-state index in [4.69, 9.17) is 0 Å². The number of nitrogens with zero attached hydrogens (tertiary/aromatic N) is 2. The Kier molecular flexibility index (Phi) is 6.22. The number of carbonyl (C=O) groups is 2. The highest BCUT2D eigenvalue weighted by Crippen LogP contribution is 2.32. The van der Waals surface area contributed by atoms with Gasteiger partial charge < -0.3 is 15.1 Å². The van der Waals surface area contributed by atoms with Crippen LogP contribution in [-0.4, -0.2) is 68.9 Å². The Morgan fingerprint density at radius 1 is 1.00 bits per heavy atom. The number of piperazine rings is 1. The summed E-state index contributed by atoms with van der Waals surface area (Å²) >= 11 is 0. The van der Waals surface area contributed by atoms with E-state index in [1.165, 1.54) is 11.3 Å². The van der Waals surface area contributed by atoms with Crippen molar-refractivity contribution in [2.75, 3.05) is 42.6 Å². The monoisotopic (exact) mass is 421 g/mol. The highest BCUT2D eigenvalue weighted by atomic mass is 32.2. The van der Waals surface area contributed by atoms with Crippen molar-refractivity contribution in [3.8, 4) is 0 Å². The van der Waals surface area contributed by atoms with E-state index in [1.807, 2.05) is 12.1 Å². The first-order valence-corrected chi connectivity index (χ1v) is 12.0. The van der Waals surface area contributed by atoms with Crippen molar-refractivity contribution in [2.24, 2.45) is 0 Å². The molecule has 0 unspecified atom stereocenters. The molecule has 1 N–H and O–H groups in total. The van der Waals surface area contributed by atoms with Gasteiger partial charge in [-0.15, -0.1) is 0 Å². The molecule has 8 heteroatoms. The fourth-order valence-corrected chi connectivity index (χ4v) is 5.45. The van der Waals surface area contributed by atoms with Crippen LogP contribution in [-0.2, 0) is 24.8 Å². The summed E-state index contributed by atoms with van der Waals surface area (Å²) in [6.07, 6.45) is 0.747. The van der Waals surface area contributed by atoms with E-state index in [9.17, 15) is 18.0 Å². The van der Waals surface area contributed by atoms with E-state index in [2.05, 4.69) is 43.1 Å². The molecule has 2 heterocycles. The maximum absolute atomic E-state index is 12.5. The van der Waals surface area contributed by atoms with E-state index in [0.29, 0.717) is 39.0 Å². The van der Waals surface area contributed by atoms with Crippen LogP contribution in [0.3, 0.4) is 0 Å². The molecule has 0 spiro atoms. The number of hydrogen-bond acceptors (Lipinski definition) is 5. The van der Waals surface area contributed by atoms with Gasteiger partial charge in [-0.05, 0) is 29.9 Å². The Hall–Kier alpha value is -2.09. The lowest BCUT2D eigenvalue weighted by atomic mass is 9.85. The highest BCUT2D eigenvalue weighted by Gasteiger charge is 2.31. The molecule has 0 aliphatic carbocycles. The number of anilines is 1. The van der Waals surface area contributed by atoms with Crippen LogP contribution in [0.15, 0.2) is 24.3 Å². The minimum Gasteiger partial charge on any atom is -0.368 e. The van der Waals surface area contributed by atoms with Crippen LogP contribution in [0.5, 0.6) is 0 Å². The molecule has 1 aromatic carbocycles. The molecule has 2 amide bonds. The lowest BCUT2D eigenvalue weighted by molar-refractivity contribution is -0.146. The zero-order chi connectivity index (χ0) is 21.2. The first-order valence-electron chi connectivity index (χ1n) is 10.2. The smallest absolute Gasteiger partial charge is 0.312 e. The zero-order valence-corrected chi connectivity index (χ0v) is 18.3. The van der Waals surface area contributed by atoms with Gasteiger partial charge >= 0.3 is 11.8 Å². The Morgan fingerprint density at radius 3 is 2.17 bits per heavy atom. The average molecular weight is 422 g/mol. The molecule has 1 aromatic rings. The Balaban J connectivity index is 1.56. The Morgan fingerprint density at radius 2 is 1.59 bits per heavy atom. The van der Waals surface area contributed by atoms with Gasteiger partial charge in [-0.25, -0.2) is 8.42 Å². The molecular formula is C21H31N3O4S. The predicted octanol–water partition coefficient (Wildman–Crippen LogP) is 1.33. The summed E-state index contributed by atoms with van der Waals surface area (Å²) in [5.74, 6) is -1.02. The minimum atomic E-state index is -2.99. The van der Waals surface area contributed by atoms with Gasteiger partial charge in [0.1, 0.15) is 9.84 Å².